The van der Waals surface area contributed by atoms with E-state index in [2.05, 4.69) is 43.8 Å². The van der Waals surface area contributed by atoms with Crippen LogP contribution in [0, 0.1) is 0 Å². The van der Waals surface area contributed by atoms with Gasteiger partial charge in [0.05, 0.1) is 30.5 Å². The lowest BCUT2D eigenvalue weighted by Crippen LogP contribution is -2.56. The van der Waals surface area contributed by atoms with E-state index in [1.165, 1.54) is 0 Å². The summed E-state index contributed by atoms with van der Waals surface area (Å²) in [5.74, 6) is -0.0194. The molecule has 1 fully saturated rings. The molecule has 0 saturated carbocycles. The Morgan fingerprint density at radius 2 is 1.80 bits per heavy atom. The van der Waals surface area contributed by atoms with Crippen molar-refractivity contribution < 1.29 is 18.8 Å². The first-order chi connectivity index (χ1) is 20.9. The van der Waals surface area contributed by atoms with Gasteiger partial charge in [0.2, 0.25) is 0 Å². The summed E-state index contributed by atoms with van der Waals surface area (Å²) in [6, 6.07) is 18.7. The zero-order valence-corrected chi connectivity index (χ0v) is 27.9. The Kier molecular flexibility index (Phi) is 9.58. The predicted octanol–water partition coefficient (Wildman–Crippen LogP) is 7.90. The summed E-state index contributed by atoms with van der Waals surface area (Å²) in [5, 5.41) is 0.626. The molecule has 1 amide bonds. The number of imidazole rings is 1. The minimum Gasteiger partial charge on any atom is -0.445 e. The van der Waals surface area contributed by atoms with Crippen molar-refractivity contribution in [1.82, 2.24) is 19.4 Å². The molecule has 0 unspecified atom stereocenters. The van der Waals surface area contributed by atoms with Crippen LogP contribution in [-0.2, 0) is 27.1 Å². The number of rotatable bonds is 9. The number of fused-ring (bicyclic) bond motifs is 1. The van der Waals surface area contributed by atoms with Crippen LogP contribution in [0.4, 0.5) is 4.79 Å². The molecule has 0 bridgehead atoms. The Balaban J connectivity index is 1.37. The summed E-state index contributed by atoms with van der Waals surface area (Å²) >= 11 is 6.22. The van der Waals surface area contributed by atoms with Gasteiger partial charge in [-0.25, -0.2) is 14.8 Å². The summed E-state index contributed by atoms with van der Waals surface area (Å²) in [4.78, 5) is 37.9. The van der Waals surface area contributed by atoms with Crippen molar-refractivity contribution in [3.05, 3.63) is 83.8 Å². The van der Waals surface area contributed by atoms with Gasteiger partial charge in [-0.3, -0.25) is 4.79 Å². The molecule has 10 heteroatoms. The maximum absolute atomic E-state index is 13.8. The maximum Gasteiger partial charge on any atom is 0.410 e. The molecule has 5 rings (SSSR count). The van der Waals surface area contributed by atoms with Gasteiger partial charge >= 0.3 is 6.09 Å². The summed E-state index contributed by atoms with van der Waals surface area (Å²) in [6.07, 6.45) is 4.46. The molecule has 44 heavy (non-hydrogen) atoms. The van der Waals surface area contributed by atoms with Crippen molar-refractivity contribution in [1.29, 1.82) is 0 Å². The number of amides is 1. The highest BCUT2D eigenvalue weighted by atomic mass is 35.5. The number of halogens is 1. The number of carbonyl (C=O) groups excluding carboxylic acids is 2. The number of hydrogen-bond acceptors (Lipinski definition) is 6. The average molecular weight is 633 g/mol. The van der Waals surface area contributed by atoms with Crippen LogP contribution in [-0.4, -0.2) is 58.3 Å². The molecule has 0 spiro atoms. The van der Waals surface area contributed by atoms with E-state index in [4.69, 9.17) is 20.8 Å². The fraction of sp³-hybridized carbons (Fsp3) is 0.412. The van der Waals surface area contributed by atoms with Gasteiger partial charge in [-0.1, -0.05) is 74.8 Å². The number of ketones is 1. The summed E-state index contributed by atoms with van der Waals surface area (Å²) in [7, 11) is -2.19. The molecule has 1 saturated heterocycles. The molecule has 232 valence electrons. The van der Waals surface area contributed by atoms with Crippen LogP contribution in [0.5, 0.6) is 0 Å². The van der Waals surface area contributed by atoms with E-state index >= 15 is 0 Å². The van der Waals surface area contributed by atoms with E-state index in [9.17, 15) is 9.59 Å². The van der Waals surface area contributed by atoms with Gasteiger partial charge in [-0.15, -0.1) is 0 Å². The normalized spacial score (nSPS) is 17.5. The Labute approximate surface area is 265 Å². The van der Waals surface area contributed by atoms with Crippen molar-refractivity contribution >= 4 is 43.0 Å². The lowest BCUT2D eigenvalue weighted by Gasteiger charge is -2.46. The van der Waals surface area contributed by atoms with Crippen LogP contribution in [0.2, 0.25) is 23.2 Å². The zero-order valence-electron chi connectivity index (χ0n) is 26.1. The molecule has 1 aliphatic rings. The highest BCUT2D eigenvalue weighted by molar-refractivity contribution is 6.74. The summed E-state index contributed by atoms with van der Waals surface area (Å²) < 4.78 is 14.5. The molecule has 0 aliphatic carbocycles. The third-order valence-corrected chi connectivity index (χ3v) is 13.6. The number of ether oxygens (including phenoxy) is 1. The van der Waals surface area contributed by atoms with Crippen LogP contribution in [0.1, 0.15) is 45.6 Å². The second kappa shape index (κ2) is 13.2. The third kappa shape index (κ3) is 7.39. The number of hydrogen-bond donors (Lipinski definition) is 0. The van der Waals surface area contributed by atoms with Crippen LogP contribution in [0.25, 0.3) is 22.3 Å². The number of Topliss-reactive ketones (excluding diaryl/α,β-unsaturated/α-hetero) is 1. The lowest BCUT2D eigenvalue weighted by molar-refractivity contribution is -0.122. The fourth-order valence-corrected chi connectivity index (χ4v) is 6.94. The quantitative estimate of drug-likeness (QED) is 0.174. The number of benzene rings is 2. The van der Waals surface area contributed by atoms with Gasteiger partial charge in [0.1, 0.15) is 6.61 Å². The van der Waals surface area contributed by atoms with E-state index < -0.39 is 20.5 Å². The molecule has 3 heterocycles. The van der Waals surface area contributed by atoms with Gasteiger partial charge in [-0.05, 0) is 60.3 Å². The topological polar surface area (TPSA) is 86.5 Å². The highest BCUT2D eigenvalue weighted by Crippen LogP contribution is 2.39. The molecule has 4 aromatic rings. The second-order valence-corrected chi connectivity index (χ2v) is 18.2. The average Bonchev–Trinajstić information content (AvgIpc) is 3.38. The fourth-order valence-electron chi connectivity index (χ4n) is 5.37. The number of pyridine rings is 1. The first-order valence-corrected chi connectivity index (χ1v) is 18.4. The Morgan fingerprint density at radius 3 is 2.52 bits per heavy atom. The lowest BCUT2D eigenvalue weighted by atomic mass is 9.95. The van der Waals surface area contributed by atoms with Crippen LogP contribution >= 0.6 is 11.6 Å². The van der Waals surface area contributed by atoms with Crippen LogP contribution in [0.3, 0.4) is 0 Å². The van der Waals surface area contributed by atoms with Crippen molar-refractivity contribution in [2.24, 2.45) is 0 Å². The zero-order chi connectivity index (χ0) is 31.5. The first kappa shape index (κ1) is 31.9. The maximum atomic E-state index is 13.8. The largest absolute Gasteiger partial charge is 0.445 e. The smallest absolute Gasteiger partial charge is 0.410 e. The van der Waals surface area contributed by atoms with E-state index in [1.807, 2.05) is 65.2 Å². The van der Waals surface area contributed by atoms with E-state index in [1.54, 1.807) is 17.4 Å². The number of aromatic nitrogens is 3. The van der Waals surface area contributed by atoms with E-state index in [0.29, 0.717) is 17.2 Å². The van der Waals surface area contributed by atoms with Crippen molar-refractivity contribution in [2.75, 3.05) is 6.54 Å². The third-order valence-electron chi connectivity index (χ3n) is 8.83. The molecule has 0 N–H and O–H groups in total. The molecule has 2 atom stereocenters. The molecule has 8 nitrogen and oxygen atoms in total. The van der Waals surface area contributed by atoms with Crippen molar-refractivity contribution in [2.45, 2.75) is 83.5 Å². The number of nitrogens with zero attached hydrogens (tertiary/aromatic N) is 4. The summed E-state index contributed by atoms with van der Waals surface area (Å²) in [5.41, 5.74) is 4.05. The predicted molar refractivity (Wildman–Crippen MR) is 176 cm³/mol. The van der Waals surface area contributed by atoms with E-state index in [0.717, 1.165) is 35.0 Å². The van der Waals surface area contributed by atoms with Crippen molar-refractivity contribution in [3.63, 3.8) is 0 Å². The molecule has 2 aromatic heterocycles. The summed E-state index contributed by atoms with van der Waals surface area (Å²) in [6.45, 7) is 11.8. The van der Waals surface area contributed by atoms with Gasteiger partial charge in [-0.2, -0.15) is 0 Å². The van der Waals surface area contributed by atoms with Crippen molar-refractivity contribution in [3.8, 4) is 11.1 Å². The van der Waals surface area contributed by atoms with Crippen LogP contribution in [0.15, 0.2) is 73.2 Å². The van der Waals surface area contributed by atoms with E-state index in [-0.39, 0.29) is 36.5 Å². The second-order valence-electron chi connectivity index (χ2n) is 13.1. The molecule has 2 aromatic carbocycles. The first-order valence-electron chi connectivity index (χ1n) is 15.1. The molecule has 1 aliphatic heterocycles. The highest BCUT2D eigenvalue weighted by Gasteiger charge is 2.44. The SMILES string of the molecule is CC(C)(C)[Si](C)(C)O[C@H]1CCCN(C(=O)OCc2ccccc2)[C@@H]1CC(=O)Cn1cnc2ncc(-c3cccc(Cl)c3)cc21. The monoisotopic (exact) mass is 632 g/mol. The number of carbonyl (C=O) groups is 2. The number of likely N-dealkylation sites (tertiary alicyclic amines) is 1. The molecular formula is C34H41ClN4O4Si. The van der Waals surface area contributed by atoms with Gasteiger partial charge in [0, 0.05) is 29.7 Å². The Morgan fingerprint density at radius 1 is 1.02 bits per heavy atom. The molecular weight excluding hydrogens is 592 g/mol. The Hall–Kier alpha value is -3.53. The molecule has 0 radical (unpaired) electrons. The number of piperidine rings is 1. The van der Waals surface area contributed by atoms with Gasteiger partial charge in [0.15, 0.2) is 19.7 Å². The van der Waals surface area contributed by atoms with Gasteiger partial charge < -0.3 is 18.6 Å². The minimum atomic E-state index is -2.19. The van der Waals surface area contributed by atoms with Gasteiger partial charge in [0.25, 0.3) is 0 Å². The standard InChI is InChI=1S/C34H41ClN4O4Si/c1-34(2,3)44(4,5)43-31-15-10-16-39(33(41)42-22-24-11-7-6-8-12-24)29(31)19-28(40)21-38-23-37-32-30(38)18-26(20-36-32)25-13-9-14-27(35)17-25/h6-9,11-14,17-18,20,23,29,31H,10,15-16,19,21-22H2,1-5H3/t29-,31+/m1/s1. The minimum absolute atomic E-state index is 0.0128. The Bertz CT molecular complexity index is 1620. The van der Waals surface area contributed by atoms with Crippen LogP contribution < -0.4 is 0 Å².